The standard InChI is InChI=1S/C21H30N6O/c1-25(2)9-8-23-19-14-17(15-22-16-19)21(28)24-18-4-6-20(7-5-18)27-12-10-26(3)11-13-27/h4-7,14-16,23H,8-13H2,1-3H3,(H,24,28). The number of aromatic nitrogens is 1. The minimum atomic E-state index is -0.156. The molecule has 0 saturated carbocycles. The number of rotatable bonds is 7. The first-order valence-electron chi connectivity index (χ1n) is 9.70. The van der Waals surface area contributed by atoms with Crippen molar-refractivity contribution >= 4 is 23.0 Å². The van der Waals surface area contributed by atoms with E-state index in [1.54, 1.807) is 12.4 Å². The molecule has 1 amide bonds. The summed E-state index contributed by atoms with van der Waals surface area (Å²) in [6.07, 6.45) is 3.32. The highest BCUT2D eigenvalue weighted by atomic mass is 16.1. The van der Waals surface area contributed by atoms with Crippen LogP contribution in [-0.2, 0) is 0 Å². The van der Waals surface area contributed by atoms with Gasteiger partial charge in [0.05, 0.1) is 11.3 Å². The van der Waals surface area contributed by atoms with E-state index in [-0.39, 0.29) is 5.91 Å². The van der Waals surface area contributed by atoms with Gasteiger partial charge in [-0.25, -0.2) is 0 Å². The normalized spacial score (nSPS) is 14.9. The van der Waals surface area contributed by atoms with Gasteiger partial charge in [-0.05, 0) is 51.5 Å². The van der Waals surface area contributed by atoms with Crippen LogP contribution in [-0.4, -0.2) is 81.1 Å². The smallest absolute Gasteiger partial charge is 0.257 e. The Morgan fingerprint density at radius 2 is 1.79 bits per heavy atom. The molecule has 0 radical (unpaired) electrons. The van der Waals surface area contributed by atoms with Crippen molar-refractivity contribution in [3.8, 4) is 0 Å². The lowest BCUT2D eigenvalue weighted by molar-refractivity contribution is 0.102. The number of nitrogens with zero attached hydrogens (tertiary/aromatic N) is 4. The predicted octanol–water partition coefficient (Wildman–Crippen LogP) is 2.06. The number of nitrogens with one attached hydrogen (secondary N) is 2. The Labute approximate surface area is 167 Å². The lowest BCUT2D eigenvalue weighted by Gasteiger charge is -2.34. The summed E-state index contributed by atoms with van der Waals surface area (Å²) < 4.78 is 0. The molecule has 0 unspecified atom stereocenters. The number of anilines is 3. The Kier molecular flexibility index (Phi) is 6.84. The van der Waals surface area contributed by atoms with E-state index in [1.165, 1.54) is 5.69 Å². The highest BCUT2D eigenvalue weighted by Crippen LogP contribution is 2.20. The van der Waals surface area contributed by atoms with Crippen molar-refractivity contribution in [3.05, 3.63) is 48.3 Å². The molecule has 150 valence electrons. The number of amides is 1. The average molecular weight is 383 g/mol. The van der Waals surface area contributed by atoms with Crippen LogP contribution in [0.1, 0.15) is 10.4 Å². The molecule has 7 nitrogen and oxygen atoms in total. The van der Waals surface area contributed by atoms with Crippen molar-refractivity contribution in [1.82, 2.24) is 14.8 Å². The third-order valence-corrected chi connectivity index (χ3v) is 4.88. The van der Waals surface area contributed by atoms with E-state index >= 15 is 0 Å². The molecule has 2 aromatic rings. The summed E-state index contributed by atoms with van der Waals surface area (Å²) in [4.78, 5) is 23.6. The van der Waals surface area contributed by atoms with Gasteiger partial charge in [0.1, 0.15) is 0 Å². The Balaban J connectivity index is 1.57. The summed E-state index contributed by atoms with van der Waals surface area (Å²) in [5.74, 6) is -0.156. The van der Waals surface area contributed by atoms with E-state index in [0.29, 0.717) is 5.56 Å². The summed E-state index contributed by atoms with van der Waals surface area (Å²) >= 11 is 0. The molecule has 28 heavy (non-hydrogen) atoms. The first kappa shape index (κ1) is 20.1. The summed E-state index contributed by atoms with van der Waals surface area (Å²) in [5.41, 5.74) is 3.37. The van der Waals surface area contributed by atoms with Crippen molar-refractivity contribution in [1.29, 1.82) is 0 Å². The van der Waals surface area contributed by atoms with Gasteiger partial charge in [-0.1, -0.05) is 0 Å². The van der Waals surface area contributed by atoms with Crippen LogP contribution in [0.3, 0.4) is 0 Å². The van der Waals surface area contributed by atoms with E-state index in [2.05, 4.69) is 49.5 Å². The molecule has 1 aromatic carbocycles. The van der Waals surface area contributed by atoms with Gasteiger partial charge in [0.2, 0.25) is 0 Å². The SMILES string of the molecule is CN(C)CCNc1cncc(C(=O)Nc2ccc(N3CCN(C)CC3)cc2)c1. The fourth-order valence-corrected chi connectivity index (χ4v) is 3.11. The molecule has 2 N–H and O–H groups in total. The Hall–Kier alpha value is -2.64. The first-order chi connectivity index (χ1) is 13.5. The second-order valence-electron chi connectivity index (χ2n) is 7.48. The van der Waals surface area contributed by atoms with Crippen LogP contribution < -0.4 is 15.5 Å². The summed E-state index contributed by atoms with van der Waals surface area (Å²) in [6, 6.07) is 9.88. The van der Waals surface area contributed by atoms with Crippen LogP contribution in [0, 0.1) is 0 Å². The number of carbonyl (C=O) groups is 1. The molecule has 2 heterocycles. The molecule has 0 atom stereocenters. The highest BCUT2D eigenvalue weighted by molar-refractivity contribution is 6.04. The Morgan fingerprint density at radius 3 is 2.46 bits per heavy atom. The Bertz CT molecular complexity index is 769. The molecule has 0 spiro atoms. The maximum atomic E-state index is 12.6. The number of pyridine rings is 1. The van der Waals surface area contributed by atoms with Crippen molar-refractivity contribution < 1.29 is 4.79 Å². The van der Waals surface area contributed by atoms with Gasteiger partial charge in [-0.15, -0.1) is 0 Å². The number of hydrogen-bond donors (Lipinski definition) is 2. The number of benzene rings is 1. The monoisotopic (exact) mass is 382 g/mol. The number of likely N-dealkylation sites (N-methyl/N-ethyl adjacent to an activating group) is 2. The highest BCUT2D eigenvalue weighted by Gasteiger charge is 2.14. The van der Waals surface area contributed by atoms with Crippen LogP contribution >= 0.6 is 0 Å². The molecular weight excluding hydrogens is 352 g/mol. The average Bonchev–Trinajstić information content (AvgIpc) is 2.69. The third-order valence-electron chi connectivity index (χ3n) is 4.88. The van der Waals surface area contributed by atoms with Crippen molar-refractivity contribution in [2.45, 2.75) is 0 Å². The van der Waals surface area contributed by atoms with Gasteiger partial charge >= 0.3 is 0 Å². The zero-order valence-electron chi connectivity index (χ0n) is 17.0. The van der Waals surface area contributed by atoms with Gasteiger partial charge in [0.25, 0.3) is 5.91 Å². The predicted molar refractivity (Wildman–Crippen MR) is 115 cm³/mol. The first-order valence-corrected chi connectivity index (χ1v) is 9.70. The van der Waals surface area contributed by atoms with Gasteiger partial charge in [0, 0.05) is 63.0 Å². The zero-order valence-corrected chi connectivity index (χ0v) is 17.0. The van der Waals surface area contributed by atoms with Crippen LogP contribution in [0.15, 0.2) is 42.7 Å². The van der Waals surface area contributed by atoms with Crippen LogP contribution in [0.25, 0.3) is 0 Å². The molecule has 1 aliphatic heterocycles. The second kappa shape index (κ2) is 9.52. The molecular formula is C21H30N6O. The summed E-state index contributed by atoms with van der Waals surface area (Å²) in [7, 11) is 6.20. The van der Waals surface area contributed by atoms with Crippen LogP contribution in [0.2, 0.25) is 0 Å². The van der Waals surface area contributed by atoms with Crippen molar-refractivity contribution in [2.24, 2.45) is 0 Å². The zero-order chi connectivity index (χ0) is 19.9. The minimum absolute atomic E-state index is 0.156. The van der Waals surface area contributed by atoms with Crippen molar-refractivity contribution in [2.75, 3.05) is 75.9 Å². The number of hydrogen-bond acceptors (Lipinski definition) is 6. The van der Waals surface area contributed by atoms with E-state index < -0.39 is 0 Å². The maximum Gasteiger partial charge on any atom is 0.257 e. The summed E-state index contributed by atoms with van der Waals surface area (Å²) in [6.45, 7) is 5.92. The molecule has 3 rings (SSSR count). The molecule has 0 aliphatic carbocycles. The molecule has 1 saturated heterocycles. The fraction of sp³-hybridized carbons (Fsp3) is 0.429. The Morgan fingerprint density at radius 1 is 1.07 bits per heavy atom. The third kappa shape index (κ3) is 5.68. The van der Waals surface area contributed by atoms with Gasteiger partial charge < -0.3 is 25.3 Å². The maximum absolute atomic E-state index is 12.6. The lowest BCUT2D eigenvalue weighted by atomic mass is 10.2. The molecule has 7 heteroatoms. The second-order valence-corrected chi connectivity index (χ2v) is 7.48. The van der Waals surface area contributed by atoms with Crippen LogP contribution in [0.5, 0.6) is 0 Å². The topological polar surface area (TPSA) is 63.7 Å². The molecule has 1 fully saturated rings. The van der Waals surface area contributed by atoms with E-state index in [0.717, 1.165) is 50.6 Å². The number of piperazine rings is 1. The largest absolute Gasteiger partial charge is 0.382 e. The van der Waals surface area contributed by atoms with E-state index in [4.69, 9.17) is 0 Å². The summed E-state index contributed by atoms with van der Waals surface area (Å²) in [5, 5.41) is 6.24. The van der Waals surface area contributed by atoms with E-state index in [1.807, 2.05) is 32.3 Å². The minimum Gasteiger partial charge on any atom is -0.382 e. The van der Waals surface area contributed by atoms with Crippen molar-refractivity contribution in [3.63, 3.8) is 0 Å². The number of carbonyl (C=O) groups excluding carboxylic acids is 1. The fourth-order valence-electron chi connectivity index (χ4n) is 3.11. The lowest BCUT2D eigenvalue weighted by Crippen LogP contribution is -2.44. The molecule has 1 aromatic heterocycles. The quantitative estimate of drug-likeness (QED) is 0.764. The van der Waals surface area contributed by atoms with Gasteiger partial charge in [-0.3, -0.25) is 9.78 Å². The molecule has 0 bridgehead atoms. The molecule has 1 aliphatic rings. The van der Waals surface area contributed by atoms with Gasteiger partial charge in [0.15, 0.2) is 0 Å². The van der Waals surface area contributed by atoms with Gasteiger partial charge in [-0.2, -0.15) is 0 Å². The van der Waals surface area contributed by atoms with E-state index in [9.17, 15) is 4.79 Å². The van der Waals surface area contributed by atoms with Crippen LogP contribution in [0.4, 0.5) is 17.1 Å².